The Morgan fingerprint density at radius 2 is 1.62 bits per heavy atom. The molecule has 3 nitrogen and oxygen atoms in total. The zero-order valence-electron chi connectivity index (χ0n) is 16.7. The third-order valence-electron chi connectivity index (χ3n) is 5.18. The predicted octanol–water partition coefficient (Wildman–Crippen LogP) is 6.25. The van der Waals surface area contributed by atoms with Gasteiger partial charge in [-0.25, -0.2) is 4.79 Å². The molecule has 0 spiro atoms. The zero-order valence-corrected chi connectivity index (χ0v) is 17.4. The van der Waals surface area contributed by atoms with Crippen LogP contribution in [0.3, 0.4) is 0 Å². The summed E-state index contributed by atoms with van der Waals surface area (Å²) in [6, 6.07) is 18.9. The molecule has 0 aliphatic heterocycles. The number of amides is 1. The van der Waals surface area contributed by atoms with Gasteiger partial charge in [0.1, 0.15) is 6.61 Å². The second-order valence-electron chi connectivity index (χ2n) is 7.17. The highest BCUT2D eigenvalue weighted by Crippen LogP contribution is 2.44. The number of rotatable bonds is 3. The zero-order chi connectivity index (χ0) is 22.7. The van der Waals surface area contributed by atoms with Gasteiger partial charge in [-0.2, -0.15) is 13.2 Å². The SMILES string of the molecule is O=C(NCC#Cc1cc(C(F)(F)F)ccc1Cl)OCC1c2ccccc2-c2ccccc21. The number of ether oxygens (including phenoxy) is 1. The van der Waals surface area contributed by atoms with Crippen LogP contribution in [-0.4, -0.2) is 19.2 Å². The molecule has 7 heteroatoms. The molecular formula is C25H17ClF3NO2. The second-order valence-corrected chi connectivity index (χ2v) is 7.58. The number of alkyl halides is 3. The Hall–Kier alpha value is -3.43. The van der Waals surface area contributed by atoms with Crippen molar-refractivity contribution in [1.82, 2.24) is 5.32 Å². The van der Waals surface area contributed by atoms with Gasteiger partial charge in [0.05, 0.1) is 17.1 Å². The number of alkyl carbamates (subject to hydrolysis) is 1. The van der Waals surface area contributed by atoms with E-state index in [4.69, 9.17) is 16.3 Å². The molecule has 3 aromatic carbocycles. The molecule has 1 N–H and O–H groups in total. The molecular weight excluding hydrogens is 439 g/mol. The lowest BCUT2D eigenvalue weighted by molar-refractivity contribution is -0.137. The van der Waals surface area contributed by atoms with Gasteiger partial charge in [-0.05, 0) is 40.5 Å². The molecule has 0 atom stereocenters. The van der Waals surface area contributed by atoms with Crippen molar-refractivity contribution in [2.75, 3.05) is 13.2 Å². The van der Waals surface area contributed by atoms with Crippen LogP contribution in [0.1, 0.15) is 28.2 Å². The summed E-state index contributed by atoms with van der Waals surface area (Å²) >= 11 is 5.91. The quantitative estimate of drug-likeness (QED) is 0.474. The van der Waals surface area contributed by atoms with Crippen molar-refractivity contribution in [2.24, 2.45) is 0 Å². The number of carbonyl (C=O) groups is 1. The van der Waals surface area contributed by atoms with E-state index in [1.54, 1.807) is 0 Å². The van der Waals surface area contributed by atoms with Crippen molar-refractivity contribution < 1.29 is 22.7 Å². The van der Waals surface area contributed by atoms with Crippen molar-refractivity contribution in [2.45, 2.75) is 12.1 Å². The highest BCUT2D eigenvalue weighted by atomic mass is 35.5. The monoisotopic (exact) mass is 455 g/mol. The van der Waals surface area contributed by atoms with E-state index in [0.717, 1.165) is 40.5 Å². The lowest BCUT2D eigenvalue weighted by Gasteiger charge is -2.14. The van der Waals surface area contributed by atoms with Crippen LogP contribution in [0.25, 0.3) is 11.1 Å². The number of hydrogen-bond acceptors (Lipinski definition) is 2. The van der Waals surface area contributed by atoms with Crippen LogP contribution in [0.5, 0.6) is 0 Å². The molecule has 1 amide bonds. The number of benzene rings is 3. The van der Waals surface area contributed by atoms with Crippen LogP contribution in [-0.2, 0) is 10.9 Å². The first kappa shape index (κ1) is 21.8. The highest BCUT2D eigenvalue weighted by molar-refractivity contribution is 6.31. The topological polar surface area (TPSA) is 38.3 Å². The molecule has 4 rings (SSSR count). The normalized spacial score (nSPS) is 12.4. The van der Waals surface area contributed by atoms with Gasteiger partial charge in [0.2, 0.25) is 0 Å². The van der Waals surface area contributed by atoms with E-state index in [9.17, 15) is 18.0 Å². The van der Waals surface area contributed by atoms with Crippen molar-refractivity contribution in [3.8, 4) is 23.0 Å². The Morgan fingerprint density at radius 1 is 1.00 bits per heavy atom. The minimum Gasteiger partial charge on any atom is -0.449 e. The molecule has 162 valence electrons. The van der Waals surface area contributed by atoms with Crippen LogP contribution in [0.15, 0.2) is 66.7 Å². The largest absolute Gasteiger partial charge is 0.449 e. The van der Waals surface area contributed by atoms with Gasteiger partial charge in [0.25, 0.3) is 0 Å². The lowest BCUT2D eigenvalue weighted by Crippen LogP contribution is -2.26. The lowest BCUT2D eigenvalue weighted by atomic mass is 9.98. The molecule has 0 fully saturated rings. The molecule has 0 heterocycles. The molecule has 0 radical (unpaired) electrons. The molecule has 0 bridgehead atoms. The van der Waals surface area contributed by atoms with Crippen LogP contribution in [0, 0.1) is 11.8 Å². The van der Waals surface area contributed by atoms with E-state index < -0.39 is 17.8 Å². The Labute approximate surface area is 188 Å². The van der Waals surface area contributed by atoms with Gasteiger partial charge in [0.15, 0.2) is 0 Å². The summed E-state index contributed by atoms with van der Waals surface area (Å²) < 4.78 is 43.9. The molecule has 0 aromatic heterocycles. The Morgan fingerprint density at radius 3 is 2.25 bits per heavy atom. The number of hydrogen-bond donors (Lipinski definition) is 1. The van der Waals surface area contributed by atoms with Gasteiger partial charge in [0, 0.05) is 11.5 Å². The van der Waals surface area contributed by atoms with Crippen LogP contribution < -0.4 is 5.32 Å². The minimum absolute atomic E-state index is 0.0378. The Balaban J connectivity index is 1.36. The van der Waals surface area contributed by atoms with Crippen molar-refractivity contribution >= 4 is 17.7 Å². The van der Waals surface area contributed by atoms with Crippen molar-refractivity contribution in [3.05, 3.63) is 94.0 Å². The Bertz CT molecular complexity index is 1180. The number of halogens is 4. The summed E-state index contributed by atoms with van der Waals surface area (Å²) in [7, 11) is 0. The fourth-order valence-corrected chi connectivity index (χ4v) is 3.87. The predicted molar refractivity (Wildman–Crippen MR) is 116 cm³/mol. The van der Waals surface area contributed by atoms with Crippen molar-refractivity contribution in [3.63, 3.8) is 0 Å². The summed E-state index contributed by atoms with van der Waals surface area (Å²) in [4.78, 5) is 12.1. The van der Waals surface area contributed by atoms with E-state index in [1.807, 2.05) is 48.5 Å². The number of carbonyl (C=O) groups excluding carboxylic acids is 1. The summed E-state index contributed by atoms with van der Waals surface area (Å²) in [5, 5.41) is 2.59. The van der Waals surface area contributed by atoms with E-state index >= 15 is 0 Å². The van der Waals surface area contributed by atoms with Crippen LogP contribution >= 0.6 is 11.6 Å². The first-order chi connectivity index (χ1) is 15.3. The van der Waals surface area contributed by atoms with E-state index in [0.29, 0.717) is 0 Å². The van der Waals surface area contributed by atoms with E-state index in [1.165, 1.54) is 0 Å². The second kappa shape index (κ2) is 8.97. The number of fused-ring (bicyclic) bond motifs is 3. The third kappa shape index (κ3) is 4.58. The summed E-state index contributed by atoms with van der Waals surface area (Å²) in [5.41, 5.74) is 3.65. The minimum atomic E-state index is -4.49. The van der Waals surface area contributed by atoms with Gasteiger partial charge in [-0.1, -0.05) is 72.0 Å². The maximum Gasteiger partial charge on any atom is 0.416 e. The molecule has 1 aliphatic rings. The first-order valence-electron chi connectivity index (χ1n) is 9.79. The summed E-state index contributed by atoms with van der Waals surface area (Å²) in [6.07, 6.45) is -5.14. The van der Waals surface area contributed by atoms with E-state index in [-0.39, 0.29) is 29.7 Å². The first-order valence-corrected chi connectivity index (χ1v) is 10.2. The molecule has 0 saturated carbocycles. The molecule has 0 unspecified atom stereocenters. The van der Waals surface area contributed by atoms with Gasteiger partial charge < -0.3 is 10.1 Å². The van der Waals surface area contributed by atoms with Gasteiger partial charge in [-0.15, -0.1) is 0 Å². The van der Waals surface area contributed by atoms with Crippen LogP contribution in [0.2, 0.25) is 5.02 Å². The van der Waals surface area contributed by atoms with Crippen molar-refractivity contribution in [1.29, 1.82) is 0 Å². The van der Waals surface area contributed by atoms with Gasteiger partial charge >= 0.3 is 12.3 Å². The third-order valence-corrected chi connectivity index (χ3v) is 5.51. The standard InChI is InChI=1S/C25H17ClF3NO2/c26-23-12-11-17(25(27,28)29)14-16(23)6-5-13-30-24(31)32-15-22-20-9-3-1-7-18(20)19-8-2-4-10-21(19)22/h1-4,7-12,14,22H,13,15H2,(H,30,31). The van der Waals surface area contributed by atoms with Gasteiger partial charge in [-0.3, -0.25) is 0 Å². The molecule has 3 aromatic rings. The Kier molecular flexibility index (Phi) is 6.11. The summed E-state index contributed by atoms with van der Waals surface area (Å²) in [5.74, 6) is 5.08. The summed E-state index contributed by atoms with van der Waals surface area (Å²) in [6.45, 7) is 0.0655. The van der Waals surface area contributed by atoms with Crippen LogP contribution in [0.4, 0.5) is 18.0 Å². The molecule has 0 saturated heterocycles. The average molecular weight is 456 g/mol. The van der Waals surface area contributed by atoms with E-state index in [2.05, 4.69) is 17.2 Å². The smallest absolute Gasteiger partial charge is 0.416 e. The molecule has 32 heavy (non-hydrogen) atoms. The average Bonchev–Trinajstić information content (AvgIpc) is 3.09. The maximum atomic E-state index is 12.8. The fourth-order valence-electron chi connectivity index (χ4n) is 3.70. The maximum absolute atomic E-state index is 12.8. The molecule has 1 aliphatic carbocycles. The highest BCUT2D eigenvalue weighted by Gasteiger charge is 2.31. The number of nitrogens with one attached hydrogen (secondary N) is 1. The fraction of sp³-hybridized carbons (Fsp3) is 0.160.